The number of fused-ring (bicyclic) bond motifs is 5. The predicted octanol–water partition coefficient (Wildman–Crippen LogP) is 19.7. The van der Waals surface area contributed by atoms with Crippen LogP contribution in [0.1, 0.15) is 88.0 Å². The van der Waals surface area contributed by atoms with Crippen LogP contribution in [0.3, 0.4) is 0 Å². The first-order valence-electron chi connectivity index (χ1n) is 27.6. The molecule has 2 N–H and O–H groups in total. The second-order valence-corrected chi connectivity index (χ2v) is 22.0. The number of carbonyl (C=O) groups is 2. The van der Waals surface area contributed by atoms with Crippen LogP contribution in [0.25, 0.3) is 86.2 Å². The minimum absolute atomic E-state index is 0. The first kappa shape index (κ1) is 64.2. The number of carbonyl (C=O) groups excluding carboxylic acids is 2. The molecule has 11 rings (SSSR count). The van der Waals surface area contributed by atoms with E-state index in [0.717, 1.165) is 73.8 Å². The number of aliphatic hydroxyl groups is 2. The monoisotopic (exact) mass is 1500 g/mol. The molecule has 0 aliphatic heterocycles. The number of aromatic nitrogens is 2. The molecule has 0 amide bonds. The van der Waals surface area contributed by atoms with Crippen molar-refractivity contribution in [3.8, 4) is 54.5 Å². The second-order valence-electron chi connectivity index (χ2n) is 19.9. The van der Waals surface area contributed by atoms with Crippen molar-refractivity contribution in [2.45, 2.75) is 71.1 Å². The predicted molar refractivity (Wildman–Crippen MR) is 343 cm³/mol. The van der Waals surface area contributed by atoms with Crippen molar-refractivity contribution in [3.63, 3.8) is 0 Å². The van der Waals surface area contributed by atoms with Gasteiger partial charge in [-0.2, -0.15) is 0 Å². The second kappa shape index (κ2) is 31.5. The van der Waals surface area contributed by atoms with Gasteiger partial charge in [0.25, 0.3) is 0 Å². The van der Waals surface area contributed by atoms with E-state index in [4.69, 9.17) is 0 Å². The van der Waals surface area contributed by atoms with E-state index in [1.165, 1.54) is 83.0 Å². The maximum Gasteiger partial charge on any atom is 0.156 e. The summed E-state index contributed by atoms with van der Waals surface area (Å²) in [5, 5.41) is 23.1. The van der Waals surface area contributed by atoms with Crippen molar-refractivity contribution in [2.24, 2.45) is 0 Å². The zero-order valence-electron chi connectivity index (χ0n) is 47.3. The van der Waals surface area contributed by atoms with Crippen molar-refractivity contribution in [2.75, 3.05) is 0 Å². The molecule has 0 saturated carbocycles. The fourth-order valence-corrected chi connectivity index (χ4v) is 12.0. The molecule has 0 saturated heterocycles. The first-order chi connectivity index (χ1) is 40.5. The average Bonchev–Trinajstić information content (AvgIpc) is 1.64. The summed E-state index contributed by atoms with van der Waals surface area (Å²) in [5.41, 5.74) is 28.4. The summed E-state index contributed by atoms with van der Waals surface area (Å²) in [6, 6.07) is 63.5. The summed E-state index contributed by atoms with van der Waals surface area (Å²) >= 11 is 3.46. The van der Waals surface area contributed by atoms with Gasteiger partial charge in [0.2, 0.25) is 0 Å². The molecular weight excluding hydrogens is 1440 g/mol. The zero-order chi connectivity index (χ0) is 58.0. The summed E-state index contributed by atoms with van der Waals surface area (Å²) in [5.74, 6) is -0.543. The molecule has 10 heteroatoms. The molecule has 10 aromatic rings. The minimum Gasteiger partial charge on any atom is -0.507 e. The molecule has 4 aromatic heterocycles. The van der Waals surface area contributed by atoms with Crippen molar-refractivity contribution >= 4 is 65.9 Å². The first-order valence-corrected chi connectivity index (χ1v) is 29.3. The van der Waals surface area contributed by atoms with Crippen LogP contribution < -0.4 is 0 Å². The van der Waals surface area contributed by atoms with E-state index in [1.807, 2.05) is 109 Å². The van der Waals surface area contributed by atoms with Crippen molar-refractivity contribution in [3.05, 3.63) is 276 Å². The SMILES string of the molecule is C=C=C=C=C=C=C=CC1(CCCCCCCC)c2cc(-c3ccc(/C(O)=C/C(C)=O)cc3)ccc2-c2ccc(-c3ccc(/C(O)=C/C(C)=O)cc3)cc21.[Ir].[Ir].[c-]1c(-c2ccccn2)sc2ccccc12.[c-]1c(-c2ccccn2)sc2ccccc12. The van der Waals surface area contributed by atoms with Gasteiger partial charge in [0.05, 0.1) is 0 Å². The Labute approximate surface area is 533 Å². The molecule has 2 radical (unpaired) electrons. The number of rotatable bonds is 16. The van der Waals surface area contributed by atoms with Crippen LogP contribution in [0.5, 0.6) is 0 Å². The van der Waals surface area contributed by atoms with Gasteiger partial charge in [0, 0.05) is 92.7 Å². The van der Waals surface area contributed by atoms with Crippen LogP contribution >= 0.6 is 22.7 Å². The molecule has 1 aliphatic rings. The Kier molecular flexibility index (Phi) is 23.8. The van der Waals surface area contributed by atoms with Crippen LogP contribution in [0, 0.1) is 12.1 Å². The van der Waals surface area contributed by atoms with E-state index < -0.39 is 5.41 Å². The molecule has 0 atom stereocenters. The fourth-order valence-electron chi connectivity index (χ4n) is 10.1. The van der Waals surface area contributed by atoms with Crippen molar-refractivity contribution < 1.29 is 60.0 Å². The fraction of sp³-hybridized carbons (Fsp3) is 0.147. The molecule has 0 fully saturated rings. The number of hydrogen-bond acceptors (Lipinski definition) is 8. The number of pyridine rings is 2. The van der Waals surface area contributed by atoms with Gasteiger partial charge >= 0.3 is 0 Å². The summed E-state index contributed by atoms with van der Waals surface area (Å²) in [6.07, 6.45) is 16.0. The maximum absolute atomic E-state index is 11.5. The molecule has 426 valence electrons. The molecule has 6 aromatic carbocycles. The van der Waals surface area contributed by atoms with Crippen LogP contribution in [0.2, 0.25) is 0 Å². The minimum atomic E-state index is -0.529. The summed E-state index contributed by atoms with van der Waals surface area (Å²) in [6.45, 7) is 8.58. The molecule has 4 heterocycles. The van der Waals surface area contributed by atoms with Crippen LogP contribution in [0.15, 0.2) is 241 Å². The number of ketones is 2. The Morgan fingerprint density at radius 2 is 0.976 bits per heavy atom. The number of aliphatic hydroxyl groups excluding tert-OH is 2. The maximum atomic E-state index is 11.5. The molecule has 6 nitrogen and oxygen atoms in total. The number of benzene rings is 6. The third kappa shape index (κ3) is 16.5. The van der Waals surface area contributed by atoms with E-state index in [0.29, 0.717) is 11.1 Å². The molecule has 0 spiro atoms. The average molecular weight is 1500 g/mol. The Bertz CT molecular complexity index is 3960. The Balaban J connectivity index is 0.000000258. The third-order valence-corrected chi connectivity index (χ3v) is 16.3. The quantitative estimate of drug-likeness (QED) is 0.0329. The van der Waals surface area contributed by atoms with E-state index in [2.05, 4.69) is 149 Å². The summed E-state index contributed by atoms with van der Waals surface area (Å²) < 4.78 is 2.52. The number of thiophene rings is 2. The topological polar surface area (TPSA) is 100 Å². The van der Waals surface area contributed by atoms with Crippen LogP contribution in [-0.4, -0.2) is 31.7 Å². The van der Waals surface area contributed by atoms with Gasteiger partial charge in [-0.15, -0.1) is 47.2 Å². The van der Waals surface area contributed by atoms with Gasteiger partial charge in [0.1, 0.15) is 11.5 Å². The van der Waals surface area contributed by atoms with Crippen molar-refractivity contribution in [1.82, 2.24) is 9.97 Å². The number of hydrogen-bond donors (Lipinski definition) is 2. The molecule has 85 heavy (non-hydrogen) atoms. The smallest absolute Gasteiger partial charge is 0.156 e. The zero-order valence-corrected chi connectivity index (χ0v) is 53.7. The van der Waals surface area contributed by atoms with E-state index in [1.54, 1.807) is 22.7 Å². The number of unbranched alkanes of at least 4 members (excludes halogenated alkanes) is 5. The molecule has 1 aliphatic carbocycles. The van der Waals surface area contributed by atoms with Gasteiger partial charge in [-0.05, 0) is 144 Å². The normalized spacial score (nSPS) is 11.6. The van der Waals surface area contributed by atoms with Crippen LogP contribution in [0.4, 0.5) is 0 Å². The van der Waals surface area contributed by atoms with Gasteiger partial charge in [0.15, 0.2) is 11.6 Å². The summed E-state index contributed by atoms with van der Waals surface area (Å²) in [7, 11) is 0. The van der Waals surface area contributed by atoms with E-state index in [9.17, 15) is 19.8 Å². The van der Waals surface area contributed by atoms with Crippen LogP contribution in [-0.2, 0) is 55.2 Å². The van der Waals surface area contributed by atoms with E-state index >= 15 is 0 Å². The molecule has 0 unspecified atom stereocenters. The Hall–Kier alpha value is -8.32. The Morgan fingerprint density at radius 1 is 0.541 bits per heavy atom. The molecular formula is C75H60Ir2N2O4S2-2. The van der Waals surface area contributed by atoms with Crippen molar-refractivity contribution in [1.29, 1.82) is 0 Å². The van der Waals surface area contributed by atoms with Gasteiger partial charge in [-0.1, -0.05) is 178 Å². The number of nitrogens with zero attached hydrogens (tertiary/aromatic N) is 2. The number of allylic oxidation sites excluding steroid dienone is 3. The largest absolute Gasteiger partial charge is 0.507 e. The standard InChI is InChI=1S/C49H44O4.2C13H8NS.2Ir/c1-5-7-9-11-13-15-29-49(30-16-14-12-10-8-6-2)45-33-41(37-17-21-39(22-18-37)47(52)31-35(3)50)25-27-43(45)44-28-26-42(34-46(44)49)38-19-23-40(24-20-38)48(53)32-36(4)51;2*1-2-7-12-10(5-1)9-13(15-12)11-6-3-4-8-14-11;;/h17-29,31-34,52-53H,1,6,8,10,12,14,16,30H2,2-4H3;2*1-8H;;/q;2*-1;;/b47-31-,48-32-;;;;. The van der Waals surface area contributed by atoms with Gasteiger partial charge < -0.3 is 20.2 Å². The van der Waals surface area contributed by atoms with E-state index in [-0.39, 0.29) is 63.3 Å². The van der Waals surface area contributed by atoms with Gasteiger partial charge in [-0.25, -0.2) is 22.7 Å². The summed E-state index contributed by atoms with van der Waals surface area (Å²) in [4.78, 5) is 34.0. The third-order valence-electron chi connectivity index (χ3n) is 14.1. The molecule has 0 bridgehead atoms. The van der Waals surface area contributed by atoms with Gasteiger partial charge in [-0.3, -0.25) is 9.59 Å². The Morgan fingerprint density at radius 3 is 1.41 bits per heavy atom.